The molecule has 1 atom stereocenters. The van der Waals surface area contributed by atoms with Crippen molar-refractivity contribution in [3.63, 3.8) is 0 Å². The lowest BCUT2D eigenvalue weighted by atomic mass is 10.0. The topological polar surface area (TPSA) is 39.1 Å². The van der Waals surface area contributed by atoms with Crippen molar-refractivity contribution >= 4 is 5.69 Å². The number of anilines is 1. The molecule has 0 aromatic carbocycles. The first kappa shape index (κ1) is 13.9. The molecular formula is C16H27N3O. The predicted octanol–water partition coefficient (Wildman–Crippen LogP) is 3.44. The molecule has 1 N–H and O–H groups in total. The zero-order valence-electron chi connectivity index (χ0n) is 12.4. The fourth-order valence-electron chi connectivity index (χ4n) is 3.38. The standard InChI is InChI=1S/C16H27N3O/c1-2-4-7-14(6-3-1)10-17-15-11-18-19(12-15)13-16-8-5-9-20-16/h11-12,14,16-17H,1-10,13H2. The summed E-state index contributed by atoms with van der Waals surface area (Å²) in [7, 11) is 0. The number of hydrogen-bond donors (Lipinski definition) is 1. The quantitative estimate of drug-likeness (QED) is 0.838. The molecule has 1 aliphatic carbocycles. The van der Waals surface area contributed by atoms with E-state index in [1.54, 1.807) is 0 Å². The zero-order chi connectivity index (χ0) is 13.6. The van der Waals surface area contributed by atoms with Gasteiger partial charge in [0, 0.05) is 19.3 Å². The third kappa shape index (κ3) is 3.98. The van der Waals surface area contributed by atoms with Crippen LogP contribution in [0.1, 0.15) is 51.4 Å². The third-order valence-corrected chi connectivity index (χ3v) is 4.62. The Kier molecular flexibility index (Phi) is 4.96. The summed E-state index contributed by atoms with van der Waals surface area (Å²) in [6.07, 6.45) is 15.2. The van der Waals surface area contributed by atoms with Gasteiger partial charge in [-0.05, 0) is 31.6 Å². The Balaban J connectivity index is 1.44. The van der Waals surface area contributed by atoms with Crippen molar-refractivity contribution in [2.45, 2.75) is 64.0 Å². The summed E-state index contributed by atoms with van der Waals surface area (Å²) in [4.78, 5) is 0. The van der Waals surface area contributed by atoms with Gasteiger partial charge in [0.2, 0.25) is 0 Å². The van der Waals surface area contributed by atoms with Crippen molar-refractivity contribution in [2.75, 3.05) is 18.5 Å². The minimum atomic E-state index is 0.365. The molecule has 0 bridgehead atoms. The molecule has 2 fully saturated rings. The summed E-state index contributed by atoms with van der Waals surface area (Å²) in [5, 5.41) is 8.00. The number of nitrogens with zero attached hydrogens (tertiary/aromatic N) is 2. The molecule has 1 aromatic heterocycles. The average molecular weight is 277 g/mol. The highest BCUT2D eigenvalue weighted by Crippen LogP contribution is 2.23. The number of aromatic nitrogens is 2. The van der Waals surface area contributed by atoms with Crippen LogP contribution in [0.5, 0.6) is 0 Å². The van der Waals surface area contributed by atoms with Gasteiger partial charge < -0.3 is 10.1 Å². The summed E-state index contributed by atoms with van der Waals surface area (Å²) in [5.74, 6) is 0.846. The first-order chi connectivity index (χ1) is 9.90. The van der Waals surface area contributed by atoms with Crippen molar-refractivity contribution in [1.29, 1.82) is 0 Å². The van der Waals surface area contributed by atoms with Crippen LogP contribution in [0.15, 0.2) is 12.4 Å². The van der Waals surface area contributed by atoms with E-state index in [9.17, 15) is 0 Å². The van der Waals surface area contributed by atoms with Gasteiger partial charge in [0.05, 0.1) is 24.5 Å². The molecule has 1 aliphatic heterocycles. The van der Waals surface area contributed by atoms with Crippen LogP contribution in [-0.2, 0) is 11.3 Å². The highest BCUT2D eigenvalue weighted by molar-refractivity contribution is 5.38. The van der Waals surface area contributed by atoms with Gasteiger partial charge in [-0.2, -0.15) is 5.10 Å². The molecular weight excluding hydrogens is 250 g/mol. The molecule has 0 radical (unpaired) electrons. The molecule has 1 saturated carbocycles. The maximum atomic E-state index is 5.65. The Labute approximate surface area is 121 Å². The molecule has 3 rings (SSSR count). The normalized spacial score (nSPS) is 24.7. The second-order valence-electron chi connectivity index (χ2n) is 6.32. The number of nitrogens with one attached hydrogen (secondary N) is 1. The zero-order valence-corrected chi connectivity index (χ0v) is 12.4. The van der Waals surface area contributed by atoms with E-state index in [0.29, 0.717) is 6.10 Å². The van der Waals surface area contributed by atoms with Gasteiger partial charge >= 0.3 is 0 Å². The van der Waals surface area contributed by atoms with Crippen LogP contribution in [0.2, 0.25) is 0 Å². The van der Waals surface area contributed by atoms with Crippen LogP contribution in [0, 0.1) is 5.92 Å². The summed E-state index contributed by atoms with van der Waals surface area (Å²) in [6, 6.07) is 0. The Morgan fingerprint density at radius 3 is 2.75 bits per heavy atom. The van der Waals surface area contributed by atoms with Crippen LogP contribution >= 0.6 is 0 Å². The van der Waals surface area contributed by atoms with Gasteiger partial charge in [0.25, 0.3) is 0 Å². The molecule has 0 amide bonds. The van der Waals surface area contributed by atoms with Crippen LogP contribution in [0.4, 0.5) is 5.69 Å². The van der Waals surface area contributed by atoms with Crippen molar-refractivity contribution in [1.82, 2.24) is 9.78 Å². The molecule has 1 unspecified atom stereocenters. The summed E-state index contributed by atoms with van der Waals surface area (Å²) < 4.78 is 7.67. The highest BCUT2D eigenvalue weighted by atomic mass is 16.5. The third-order valence-electron chi connectivity index (χ3n) is 4.62. The number of hydrogen-bond acceptors (Lipinski definition) is 3. The van der Waals surface area contributed by atoms with Gasteiger partial charge in [-0.25, -0.2) is 0 Å². The highest BCUT2D eigenvalue weighted by Gasteiger charge is 2.16. The first-order valence-corrected chi connectivity index (χ1v) is 8.28. The molecule has 1 aromatic rings. The van der Waals surface area contributed by atoms with E-state index in [1.807, 2.05) is 10.9 Å². The Morgan fingerprint density at radius 2 is 2.00 bits per heavy atom. The van der Waals surface area contributed by atoms with Crippen LogP contribution < -0.4 is 5.32 Å². The monoisotopic (exact) mass is 277 g/mol. The predicted molar refractivity (Wildman–Crippen MR) is 80.9 cm³/mol. The maximum Gasteiger partial charge on any atom is 0.0771 e. The van der Waals surface area contributed by atoms with E-state index in [1.165, 1.54) is 51.4 Å². The van der Waals surface area contributed by atoms with Crippen LogP contribution in [0.3, 0.4) is 0 Å². The second kappa shape index (κ2) is 7.11. The molecule has 0 spiro atoms. The lowest BCUT2D eigenvalue weighted by molar-refractivity contribution is 0.0940. The lowest BCUT2D eigenvalue weighted by Crippen LogP contribution is -2.15. The van der Waals surface area contributed by atoms with E-state index >= 15 is 0 Å². The Morgan fingerprint density at radius 1 is 1.15 bits per heavy atom. The largest absolute Gasteiger partial charge is 0.382 e. The molecule has 1 saturated heterocycles. The summed E-state index contributed by atoms with van der Waals surface area (Å²) in [6.45, 7) is 2.91. The summed E-state index contributed by atoms with van der Waals surface area (Å²) >= 11 is 0. The van der Waals surface area contributed by atoms with Gasteiger partial charge in [-0.15, -0.1) is 0 Å². The van der Waals surface area contributed by atoms with E-state index in [0.717, 1.165) is 31.3 Å². The SMILES string of the molecule is c1nn(CC2CCCO2)cc1NCC1CCCCCC1. The smallest absolute Gasteiger partial charge is 0.0771 e. The van der Waals surface area contributed by atoms with Crippen molar-refractivity contribution in [3.8, 4) is 0 Å². The molecule has 4 nitrogen and oxygen atoms in total. The molecule has 20 heavy (non-hydrogen) atoms. The second-order valence-corrected chi connectivity index (χ2v) is 6.32. The summed E-state index contributed by atoms with van der Waals surface area (Å²) in [5.41, 5.74) is 1.16. The minimum Gasteiger partial charge on any atom is -0.382 e. The van der Waals surface area contributed by atoms with E-state index in [2.05, 4.69) is 16.6 Å². The van der Waals surface area contributed by atoms with Gasteiger partial charge in [-0.1, -0.05) is 25.7 Å². The van der Waals surface area contributed by atoms with Gasteiger partial charge in [0.1, 0.15) is 0 Å². The lowest BCUT2D eigenvalue weighted by Gasteiger charge is -2.14. The number of ether oxygens (including phenoxy) is 1. The molecule has 2 aliphatic rings. The van der Waals surface area contributed by atoms with Crippen molar-refractivity contribution < 1.29 is 4.74 Å². The fourth-order valence-corrected chi connectivity index (χ4v) is 3.38. The van der Waals surface area contributed by atoms with E-state index in [-0.39, 0.29) is 0 Å². The van der Waals surface area contributed by atoms with Gasteiger partial charge in [-0.3, -0.25) is 4.68 Å². The van der Waals surface area contributed by atoms with E-state index in [4.69, 9.17) is 4.74 Å². The fraction of sp³-hybridized carbons (Fsp3) is 0.812. The average Bonchev–Trinajstić information content (AvgIpc) is 3.05. The van der Waals surface area contributed by atoms with Crippen molar-refractivity contribution in [2.24, 2.45) is 5.92 Å². The van der Waals surface area contributed by atoms with E-state index < -0.39 is 0 Å². The van der Waals surface area contributed by atoms with Crippen LogP contribution in [0.25, 0.3) is 0 Å². The Hall–Kier alpha value is -1.03. The van der Waals surface area contributed by atoms with Crippen LogP contribution in [-0.4, -0.2) is 29.0 Å². The molecule has 112 valence electrons. The van der Waals surface area contributed by atoms with Crippen molar-refractivity contribution in [3.05, 3.63) is 12.4 Å². The Bertz CT molecular complexity index is 390. The minimum absolute atomic E-state index is 0.365. The maximum absolute atomic E-state index is 5.65. The van der Waals surface area contributed by atoms with Gasteiger partial charge in [0.15, 0.2) is 0 Å². The number of rotatable bonds is 5. The molecule has 2 heterocycles. The molecule has 4 heteroatoms. The first-order valence-electron chi connectivity index (χ1n) is 8.28.